The van der Waals surface area contributed by atoms with Gasteiger partial charge >= 0.3 is 0 Å². The van der Waals surface area contributed by atoms with Crippen molar-refractivity contribution in [2.24, 2.45) is 5.92 Å². The van der Waals surface area contributed by atoms with E-state index >= 15 is 0 Å². The molecule has 0 aliphatic carbocycles. The van der Waals surface area contributed by atoms with Gasteiger partial charge in [-0.2, -0.15) is 0 Å². The number of amides is 1. The van der Waals surface area contributed by atoms with Gasteiger partial charge in [0.05, 0.1) is 0 Å². The summed E-state index contributed by atoms with van der Waals surface area (Å²) in [6.45, 7) is 4.29. The Morgan fingerprint density at radius 1 is 1.41 bits per heavy atom. The molecule has 0 radical (unpaired) electrons. The Hall–Kier alpha value is -1.59. The zero-order valence-electron chi connectivity index (χ0n) is 12.8. The average molecular weight is 327 g/mol. The highest BCUT2D eigenvalue weighted by atomic mass is 35.5. The van der Waals surface area contributed by atoms with Gasteiger partial charge in [0.2, 0.25) is 0 Å². The number of Topliss-reactive ketones (excluding diaryl/α,β-unsaturated/α-hetero) is 1. The molecule has 1 amide bonds. The predicted octanol–water partition coefficient (Wildman–Crippen LogP) is 1.81. The summed E-state index contributed by atoms with van der Waals surface area (Å²) in [6, 6.07) is 6.87. The Kier molecular flexibility index (Phi) is 7.91. The molecule has 122 valence electrons. The standard InChI is InChI=1S/C16H22N2O3.ClH/c1-12(19)14-3-2-4-15(9-14)21-11-16(20)18-8-6-13-5-7-17-10-13;/h2-4,9,13,17H,5-8,10-11H2,1H3,(H,18,20);1H. The summed E-state index contributed by atoms with van der Waals surface area (Å²) in [5.74, 6) is 1.06. The van der Waals surface area contributed by atoms with Crippen molar-refractivity contribution in [2.45, 2.75) is 19.8 Å². The number of hydrogen-bond acceptors (Lipinski definition) is 4. The molecule has 1 saturated heterocycles. The van der Waals surface area contributed by atoms with Crippen molar-refractivity contribution in [3.8, 4) is 5.75 Å². The molecular weight excluding hydrogens is 304 g/mol. The molecule has 1 fully saturated rings. The minimum absolute atomic E-state index is 0. The fourth-order valence-corrected chi connectivity index (χ4v) is 2.38. The Labute approximate surface area is 137 Å². The van der Waals surface area contributed by atoms with E-state index < -0.39 is 0 Å². The van der Waals surface area contributed by atoms with Gasteiger partial charge in [0.1, 0.15) is 5.75 Å². The summed E-state index contributed by atoms with van der Waals surface area (Å²) in [6.07, 6.45) is 2.18. The summed E-state index contributed by atoms with van der Waals surface area (Å²) in [5, 5.41) is 6.17. The van der Waals surface area contributed by atoms with Gasteiger partial charge in [-0.3, -0.25) is 9.59 Å². The highest BCUT2D eigenvalue weighted by Crippen LogP contribution is 2.13. The van der Waals surface area contributed by atoms with Gasteiger partial charge in [-0.1, -0.05) is 12.1 Å². The van der Waals surface area contributed by atoms with E-state index in [1.54, 1.807) is 24.3 Å². The van der Waals surface area contributed by atoms with Crippen LogP contribution in [0.1, 0.15) is 30.1 Å². The summed E-state index contributed by atoms with van der Waals surface area (Å²) in [4.78, 5) is 23.0. The Balaban J connectivity index is 0.00000242. The highest BCUT2D eigenvalue weighted by Gasteiger charge is 2.14. The topological polar surface area (TPSA) is 67.4 Å². The molecule has 0 spiro atoms. The molecule has 1 unspecified atom stereocenters. The predicted molar refractivity (Wildman–Crippen MR) is 87.8 cm³/mol. The molecule has 1 aliphatic heterocycles. The average Bonchev–Trinajstić information content (AvgIpc) is 2.99. The fourth-order valence-electron chi connectivity index (χ4n) is 2.38. The van der Waals surface area contributed by atoms with Gasteiger partial charge in [0, 0.05) is 12.1 Å². The smallest absolute Gasteiger partial charge is 0.257 e. The number of rotatable bonds is 7. The van der Waals surface area contributed by atoms with Crippen LogP contribution in [0.4, 0.5) is 0 Å². The van der Waals surface area contributed by atoms with Crippen molar-refractivity contribution in [3.63, 3.8) is 0 Å². The quantitative estimate of drug-likeness (QED) is 0.750. The van der Waals surface area contributed by atoms with Crippen molar-refractivity contribution in [1.29, 1.82) is 0 Å². The molecule has 1 atom stereocenters. The molecule has 1 aliphatic rings. The van der Waals surface area contributed by atoms with E-state index in [0.717, 1.165) is 19.5 Å². The lowest BCUT2D eigenvalue weighted by Crippen LogP contribution is -2.30. The van der Waals surface area contributed by atoms with Crippen molar-refractivity contribution in [1.82, 2.24) is 10.6 Å². The van der Waals surface area contributed by atoms with Crippen molar-refractivity contribution in [3.05, 3.63) is 29.8 Å². The lowest BCUT2D eigenvalue weighted by atomic mass is 10.1. The van der Waals surface area contributed by atoms with E-state index in [1.165, 1.54) is 13.3 Å². The molecule has 0 bridgehead atoms. The molecule has 6 heteroatoms. The summed E-state index contributed by atoms with van der Waals surface area (Å²) in [5.41, 5.74) is 0.585. The molecule has 2 rings (SSSR count). The molecule has 0 saturated carbocycles. The number of nitrogens with one attached hydrogen (secondary N) is 2. The second-order valence-electron chi connectivity index (χ2n) is 5.37. The summed E-state index contributed by atoms with van der Waals surface area (Å²) < 4.78 is 5.40. The Morgan fingerprint density at radius 3 is 2.91 bits per heavy atom. The van der Waals surface area contributed by atoms with Crippen molar-refractivity contribution < 1.29 is 14.3 Å². The summed E-state index contributed by atoms with van der Waals surface area (Å²) in [7, 11) is 0. The van der Waals surface area contributed by atoms with Gasteiger partial charge in [-0.05, 0) is 50.9 Å². The zero-order valence-corrected chi connectivity index (χ0v) is 13.6. The molecule has 22 heavy (non-hydrogen) atoms. The van der Waals surface area contributed by atoms with Gasteiger partial charge in [0.15, 0.2) is 12.4 Å². The molecule has 2 N–H and O–H groups in total. The second-order valence-corrected chi connectivity index (χ2v) is 5.37. The third-order valence-electron chi connectivity index (χ3n) is 3.65. The van der Waals surface area contributed by atoms with Crippen LogP contribution in [0.5, 0.6) is 5.75 Å². The van der Waals surface area contributed by atoms with E-state index in [2.05, 4.69) is 10.6 Å². The molecule has 1 aromatic carbocycles. The minimum Gasteiger partial charge on any atom is -0.484 e. The van der Waals surface area contributed by atoms with Crippen LogP contribution < -0.4 is 15.4 Å². The molecule has 1 aromatic rings. The van der Waals surface area contributed by atoms with Crippen LogP contribution in [0, 0.1) is 5.92 Å². The number of carbonyl (C=O) groups excluding carboxylic acids is 2. The Morgan fingerprint density at radius 2 is 2.23 bits per heavy atom. The van der Waals surface area contributed by atoms with Crippen LogP contribution in [-0.4, -0.2) is 37.9 Å². The SMILES string of the molecule is CC(=O)c1cccc(OCC(=O)NCCC2CCNC2)c1.Cl. The molecular formula is C16H23ClN2O3. The van der Waals surface area contributed by atoms with Crippen LogP contribution in [-0.2, 0) is 4.79 Å². The number of benzene rings is 1. The monoisotopic (exact) mass is 326 g/mol. The number of halogens is 1. The van der Waals surface area contributed by atoms with Crippen LogP contribution in [0.2, 0.25) is 0 Å². The highest BCUT2D eigenvalue weighted by molar-refractivity contribution is 5.94. The maximum atomic E-state index is 11.7. The Bertz CT molecular complexity index is 502. The van der Waals surface area contributed by atoms with Gasteiger partial charge in [-0.15, -0.1) is 12.4 Å². The molecule has 5 nitrogen and oxygen atoms in total. The van der Waals surface area contributed by atoms with E-state index in [9.17, 15) is 9.59 Å². The van der Waals surface area contributed by atoms with Gasteiger partial charge in [-0.25, -0.2) is 0 Å². The first kappa shape index (κ1) is 18.5. The van der Waals surface area contributed by atoms with E-state index in [-0.39, 0.29) is 30.7 Å². The fraction of sp³-hybridized carbons (Fsp3) is 0.500. The van der Waals surface area contributed by atoms with Crippen LogP contribution in [0.3, 0.4) is 0 Å². The number of hydrogen-bond donors (Lipinski definition) is 2. The van der Waals surface area contributed by atoms with E-state index in [4.69, 9.17) is 4.74 Å². The van der Waals surface area contributed by atoms with E-state index in [1.807, 2.05) is 0 Å². The third kappa shape index (κ3) is 6.03. The first-order valence-electron chi connectivity index (χ1n) is 7.36. The van der Waals surface area contributed by atoms with Crippen LogP contribution >= 0.6 is 12.4 Å². The number of ketones is 1. The second kappa shape index (κ2) is 9.43. The third-order valence-corrected chi connectivity index (χ3v) is 3.65. The first-order chi connectivity index (χ1) is 10.1. The maximum Gasteiger partial charge on any atom is 0.257 e. The number of carbonyl (C=O) groups is 2. The van der Waals surface area contributed by atoms with Gasteiger partial charge in [0.25, 0.3) is 5.91 Å². The molecule has 0 aromatic heterocycles. The van der Waals surface area contributed by atoms with Crippen molar-refractivity contribution >= 4 is 24.1 Å². The maximum absolute atomic E-state index is 11.7. The zero-order chi connectivity index (χ0) is 15.1. The van der Waals surface area contributed by atoms with Crippen LogP contribution in [0.25, 0.3) is 0 Å². The van der Waals surface area contributed by atoms with Crippen molar-refractivity contribution in [2.75, 3.05) is 26.2 Å². The lowest BCUT2D eigenvalue weighted by molar-refractivity contribution is -0.123. The lowest BCUT2D eigenvalue weighted by Gasteiger charge is -2.10. The molecule has 1 heterocycles. The van der Waals surface area contributed by atoms with Crippen LogP contribution in [0.15, 0.2) is 24.3 Å². The van der Waals surface area contributed by atoms with Gasteiger partial charge < -0.3 is 15.4 Å². The van der Waals surface area contributed by atoms with E-state index in [0.29, 0.717) is 23.8 Å². The number of ether oxygens (including phenoxy) is 1. The minimum atomic E-state index is -0.130. The summed E-state index contributed by atoms with van der Waals surface area (Å²) >= 11 is 0. The largest absolute Gasteiger partial charge is 0.484 e. The normalized spacial score (nSPS) is 16.7. The first-order valence-corrected chi connectivity index (χ1v) is 7.36.